The van der Waals surface area contributed by atoms with Crippen molar-refractivity contribution in [3.05, 3.63) is 11.4 Å². The Labute approximate surface area is 86.4 Å². The number of allylic oxidation sites excluding steroid dienone is 2. The third-order valence-electron chi connectivity index (χ3n) is 1.82. The average molecular weight is 220 g/mol. The van der Waals surface area contributed by atoms with Gasteiger partial charge in [-0.15, -0.1) is 0 Å². The molecule has 0 aliphatic heterocycles. The molecule has 0 rings (SSSR count). The first-order chi connectivity index (χ1) is 6.23. The van der Waals surface area contributed by atoms with Crippen LogP contribution in [0.5, 0.6) is 0 Å². The first-order valence-corrected chi connectivity index (χ1v) is 6.59. The molecule has 0 bridgehead atoms. The van der Waals surface area contributed by atoms with Crippen molar-refractivity contribution in [3.63, 3.8) is 0 Å². The highest BCUT2D eigenvalue weighted by molar-refractivity contribution is 7.56. The zero-order chi connectivity index (χ0) is 11.4. The molecule has 0 aliphatic carbocycles. The summed E-state index contributed by atoms with van der Waals surface area (Å²) in [6.07, 6.45) is 2.91. The summed E-state index contributed by atoms with van der Waals surface area (Å²) in [4.78, 5) is 18.2. The van der Waals surface area contributed by atoms with Gasteiger partial charge in [-0.2, -0.15) is 0 Å². The van der Waals surface area contributed by atoms with E-state index < -0.39 is 7.60 Å². The van der Waals surface area contributed by atoms with Crippen LogP contribution in [-0.2, 0) is 4.57 Å². The van der Waals surface area contributed by atoms with E-state index in [1.54, 1.807) is 6.08 Å². The Hall–Kier alpha value is -0.110. The van der Waals surface area contributed by atoms with Gasteiger partial charge in [-0.3, -0.25) is 4.57 Å². The van der Waals surface area contributed by atoms with Crippen LogP contribution in [0.2, 0.25) is 0 Å². The minimum absolute atomic E-state index is 0.279. The predicted molar refractivity (Wildman–Crippen MR) is 59.0 cm³/mol. The second-order valence-corrected chi connectivity index (χ2v) is 6.13. The molecule has 0 atom stereocenters. The van der Waals surface area contributed by atoms with E-state index in [4.69, 9.17) is 9.79 Å². The lowest BCUT2D eigenvalue weighted by molar-refractivity contribution is 0.378. The number of hydrogen-bond donors (Lipinski definition) is 2. The predicted octanol–water partition coefficient (Wildman–Crippen LogP) is 3.14. The summed E-state index contributed by atoms with van der Waals surface area (Å²) < 4.78 is 11.1. The normalized spacial score (nSPS) is 14.1. The van der Waals surface area contributed by atoms with Gasteiger partial charge in [0.25, 0.3) is 0 Å². The zero-order valence-corrected chi connectivity index (χ0v) is 10.3. The van der Waals surface area contributed by atoms with Crippen LogP contribution < -0.4 is 0 Å². The van der Waals surface area contributed by atoms with Crippen molar-refractivity contribution in [2.75, 3.05) is 0 Å². The van der Waals surface area contributed by atoms with E-state index >= 15 is 0 Å². The Morgan fingerprint density at radius 1 is 1.21 bits per heavy atom. The van der Waals surface area contributed by atoms with Crippen molar-refractivity contribution in [2.45, 2.75) is 40.5 Å². The van der Waals surface area contributed by atoms with Gasteiger partial charge in [-0.1, -0.05) is 33.8 Å². The molecule has 0 fully saturated rings. The molecule has 0 saturated carbocycles. The average Bonchev–Trinajstić information content (AvgIpc) is 1.94. The quantitative estimate of drug-likeness (QED) is 0.700. The second kappa shape index (κ2) is 5.69. The summed E-state index contributed by atoms with van der Waals surface area (Å²) in [7, 11) is -4.02. The van der Waals surface area contributed by atoms with Gasteiger partial charge in [0.05, 0.1) is 0 Å². The molecule has 0 saturated heterocycles. The lowest BCUT2D eigenvalue weighted by Gasteiger charge is -2.12. The van der Waals surface area contributed by atoms with E-state index in [2.05, 4.69) is 0 Å². The van der Waals surface area contributed by atoms with Crippen LogP contribution in [0.15, 0.2) is 11.4 Å². The van der Waals surface area contributed by atoms with Crippen LogP contribution in [0.4, 0.5) is 0 Å². The molecule has 84 valence electrons. The molecule has 0 aromatic rings. The molecule has 0 unspecified atom stereocenters. The van der Waals surface area contributed by atoms with Gasteiger partial charge in [-0.25, -0.2) is 0 Å². The SMILES string of the molecule is CC(C)C/C=C(/CC(C)C)P(=O)(O)O. The highest BCUT2D eigenvalue weighted by Gasteiger charge is 2.21. The van der Waals surface area contributed by atoms with Gasteiger partial charge in [0.1, 0.15) is 0 Å². The fourth-order valence-corrected chi connectivity index (χ4v) is 2.06. The zero-order valence-electron chi connectivity index (χ0n) is 9.40. The Balaban J connectivity index is 4.56. The molecular weight excluding hydrogens is 199 g/mol. The molecule has 0 aromatic carbocycles. The van der Waals surface area contributed by atoms with Crippen molar-refractivity contribution in [2.24, 2.45) is 11.8 Å². The van der Waals surface area contributed by atoms with E-state index in [9.17, 15) is 4.57 Å². The van der Waals surface area contributed by atoms with E-state index in [-0.39, 0.29) is 5.92 Å². The van der Waals surface area contributed by atoms with Crippen LogP contribution in [0, 0.1) is 11.8 Å². The Morgan fingerprint density at radius 2 is 1.71 bits per heavy atom. The van der Waals surface area contributed by atoms with E-state index in [1.807, 2.05) is 27.7 Å². The highest BCUT2D eigenvalue weighted by atomic mass is 31.2. The molecule has 0 spiro atoms. The van der Waals surface area contributed by atoms with Crippen molar-refractivity contribution >= 4 is 7.60 Å². The maximum absolute atomic E-state index is 11.1. The lowest BCUT2D eigenvalue weighted by Crippen LogP contribution is -1.95. The fourth-order valence-electron chi connectivity index (χ4n) is 1.11. The van der Waals surface area contributed by atoms with E-state index in [0.29, 0.717) is 17.7 Å². The van der Waals surface area contributed by atoms with Crippen LogP contribution >= 0.6 is 7.60 Å². The summed E-state index contributed by atoms with van der Waals surface area (Å²) in [5, 5.41) is 0.293. The largest absolute Gasteiger partial charge is 0.351 e. The van der Waals surface area contributed by atoms with E-state index in [1.165, 1.54) is 0 Å². The second-order valence-electron chi connectivity index (χ2n) is 4.47. The summed E-state index contributed by atoms with van der Waals surface area (Å²) in [6.45, 7) is 7.98. The first-order valence-electron chi connectivity index (χ1n) is 4.98. The minimum atomic E-state index is -4.02. The Kier molecular flexibility index (Phi) is 5.65. The van der Waals surface area contributed by atoms with Gasteiger partial charge < -0.3 is 9.79 Å². The molecule has 2 N–H and O–H groups in total. The molecule has 4 heteroatoms. The van der Waals surface area contributed by atoms with Crippen molar-refractivity contribution < 1.29 is 14.4 Å². The van der Waals surface area contributed by atoms with Crippen LogP contribution in [-0.4, -0.2) is 9.79 Å². The molecule has 14 heavy (non-hydrogen) atoms. The van der Waals surface area contributed by atoms with Gasteiger partial charge in [0.2, 0.25) is 0 Å². The van der Waals surface area contributed by atoms with Crippen LogP contribution in [0.3, 0.4) is 0 Å². The maximum Gasteiger partial charge on any atom is 0.351 e. The van der Waals surface area contributed by atoms with Crippen molar-refractivity contribution in [1.82, 2.24) is 0 Å². The third-order valence-corrected chi connectivity index (χ3v) is 2.93. The first kappa shape index (κ1) is 13.9. The summed E-state index contributed by atoms with van der Waals surface area (Å²) in [5.41, 5.74) is 0. The van der Waals surface area contributed by atoms with Gasteiger partial charge in [-0.05, 0) is 24.7 Å². The standard InChI is InChI=1S/C10H21O3P/c1-8(2)5-6-10(7-9(3)4)14(11,12)13/h6,8-9H,5,7H2,1-4H3,(H2,11,12,13)/b10-6-. The summed E-state index contributed by atoms with van der Waals surface area (Å²) in [5.74, 6) is 0.713. The van der Waals surface area contributed by atoms with E-state index in [0.717, 1.165) is 6.42 Å². The Bertz CT molecular complexity index is 238. The topological polar surface area (TPSA) is 57.5 Å². The molecule has 3 nitrogen and oxygen atoms in total. The van der Waals surface area contributed by atoms with Gasteiger partial charge in [0, 0.05) is 5.31 Å². The maximum atomic E-state index is 11.1. The van der Waals surface area contributed by atoms with Gasteiger partial charge >= 0.3 is 7.60 Å². The van der Waals surface area contributed by atoms with Crippen molar-refractivity contribution in [3.8, 4) is 0 Å². The molecule has 0 radical (unpaired) electrons. The van der Waals surface area contributed by atoms with Gasteiger partial charge in [0.15, 0.2) is 0 Å². The molecule has 0 aliphatic rings. The molecule has 0 aromatic heterocycles. The van der Waals surface area contributed by atoms with Crippen molar-refractivity contribution in [1.29, 1.82) is 0 Å². The minimum Gasteiger partial charge on any atom is -0.321 e. The summed E-state index contributed by atoms with van der Waals surface area (Å²) >= 11 is 0. The molecular formula is C10H21O3P. The Morgan fingerprint density at radius 3 is 2.00 bits per heavy atom. The molecule has 0 amide bonds. The molecule has 0 heterocycles. The lowest BCUT2D eigenvalue weighted by atomic mass is 10.1. The van der Waals surface area contributed by atoms with Crippen LogP contribution in [0.1, 0.15) is 40.5 Å². The highest BCUT2D eigenvalue weighted by Crippen LogP contribution is 2.48. The third kappa shape index (κ3) is 6.36. The number of rotatable bonds is 5. The van der Waals surface area contributed by atoms with Crippen LogP contribution in [0.25, 0.3) is 0 Å². The fraction of sp³-hybridized carbons (Fsp3) is 0.800. The smallest absolute Gasteiger partial charge is 0.321 e. The summed E-state index contributed by atoms with van der Waals surface area (Å²) in [6, 6.07) is 0. The monoisotopic (exact) mass is 220 g/mol. The number of hydrogen-bond acceptors (Lipinski definition) is 1.